The molecule has 2 amide bonds. The van der Waals surface area contributed by atoms with Crippen molar-refractivity contribution in [1.29, 1.82) is 0 Å². The molecule has 3 aromatic rings. The summed E-state index contributed by atoms with van der Waals surface area (Å²) in [6.07, 6.45) is 1.13. The van der Waals surface area contributed by atoms with E-state index in [4.69, 9.17) is 0 Å². The first kappa shape index (κ1) is 21.8. The van der Waals surface area contributed by atoms with E-state index in [1.54, 1.807) is 11.3 Å². The van der Waals surface area contributed by atoms with Gasteiger partial charge in [0.2, 0.25) is 0 Å². The predicted molar refractivity (Wildman–Crippen MR) is 132 cm³/mol. The van der Waals surface area contributed by atoms with Crippen molar-refractivity contribution in [3.8, 4) is 10.4 Å². The molecule has 1 saturated carbocycles. The SMILES string of the molecule is Cc1cc(C)cc(C(=O)NC[C@@H]2C3C[C@H]3CN2C(=O)c2nc(C)sc2-c2cccc(C)c2)c1. The van der Waals surface area contributed by atoms with E-state index >= 15 is 0 Å². The van der Waals surface area contributed by atoms with Crippen LogP contribution in [0.2, 0.25) is 0 Å². The second-order valence-electron chi connectivity index (χ2n) is 9.55. The van der Waals surface area contributed by atoms with Gasteiger partial charge in [-0.1, -0.05) is 47.0 Å². The van der Waals surface area contributed by atoms with Crippen LogP contribution in [0.1, 0.15) is 49.0 Å². The Morgan fingerprint density at radius 3 is 2.55 bits per heavy atom. The summed E-state index contributed by atoms with van der Waals surface area (Å²) in [4.78, 5) is 34.0. The van der Waals surface area contributed by atoms with Crippen LogP contribution in [0, 0.1) is 39.5 Å². The van der Waals surface area contributed by atoms with Crippen LogP contribution in [0.15, 0.2) is 42.5 Å². The fraction of sp³-hybridized carbons (Fsp3) is 0.370. The highest BCUT2D eigenvalue weighted by Gasteiger charge is 2.54. The Kier molecular flexibility index (Phi) is 5.57. The Hall–Kier alpha value is -2.99. The van der Waals surface area contributed by atoms with Gasteiger partial charge in [-0.2, -0.15) is 0 Å². The van der Waals surface area contributed by atoms with Crippen molar-refractivity contribution < 1.29 is 9.59 Å². The first-order chi connectivity index (χ1) is 15.8. The monoisotopic (exact) mass is 459 g/mol. The number of benzene rings is 2. The molecule has 6 heteroatoms. The molecule has 1 aliphatic carbocycles. The van der Waals surface area contributed by atoms with Gasteiger partial charge in [-0.25, -0.2) is 4.98 Å². The Balaban J connectivity index is 1.35. The number of rotatable bonds is 5. The molecule has 170 valence electrons. The third-order valence-electron chi connectivity index (χ3n) is 6.74. The van der Waals surface area contributed by atoms with E-state index in [1.165, 1.54) is 0 Å². The van der Waals surface area contributed by atoms with Gasteiger partial charge >= 0.3 is 0 Å². The Bertz CT molecular complexity index is 1230. The number of fused-ring (bicyclic) bond motifs is 1. The lowest BCUT2D eigenvalue weighted by atomic mass is 10.1. The number of hydrogen-bond donors (Lipinski definition) is 1. The van der Waals surface area contributed by atoms with Crippen LogP contribution >= 0.6 is 11.3 Å². The van der Waals surface area contributed by atoms with Gasteiger partial charge in [0.15, 0.2) is 0 Å². The fourth-order valence-corrected chi connectivity index (χ4v) is 6.07. The number of carbonyl (C=O) groups excluding carboxylic acids is 2. The molecular weight excluding hydrogens is 430 g/mol. The summed E-state index contributed by atoms with van der Waals surface area (Å²) in [6, 6.07) is 14.1. The number of nitrogens with one attached hydrogen (secondary N) is 1. The lowest BCUT2D eigenvalue weighted by Gasteiger charge is -2.27. The molecule has 0 bridgehead atoms. The lowest BCUT2D eigenvalue weighted by Crippen LogP contribution is -2.45. The van der Waals surface area contributed by atoms with Gasteiger partial charge in [-0.05, 0) is 63.6 Å². The summed E-state index contributed by atoms with van der Waals surface area (Å²) in [5, 5.41) is 3.98. The number of aryl methyl sites for hydroxylation is 4. The zero-order valence-electron chi connectivity index (χ0n) is 19.5. The van der Waals surface area contributed by atoms with Crippen molar-refractivity contribution in [2.45, 2.75) is 40.2 Å². The minimum atomic E-state index is -0.0803. The maximum absolute atomic E-state index is 13.7. The second-order valence-corrected chi connectivity index (χ2v) is 10.8. The van der Waals surface area contributed by atoms with Crippen LogP contribution in [0.3, 0.4) is 0 Å². The third-order valence-corrected chi connectivity index (χ3v) is 7.76. The normalized spacial score (nSPS) is 21.1. The molecule has 2 fully saturated rings. The molecule has 2 heterocycles. The molecule has 1 unspecified atom stereocenters. The standard InChI is InChI=1S/C27H29N3O2S/c1-15-6-5-7-19(9-15)25-24(29-18(4)33-25)27(32)30-14-21-12-22(21)23(30)13-28-26(31)20-10-16(2)8-17(3)11-20/h5-11,21-23H,12-14H2,1-4H3,(H,28,31)/t21-,22?,23+/m0/s1. The minimum Gasteiger partial charge on any atom is -0.350 e. The summed E-state index contributed by atoms with van der Waals surface area (Å²) in [7, 11) is 0. The van der Waals surface area contributed by atoms with Crippen molar-refractivity contribution in [2.24, 2.45) is 11.8 Å². The van der Waals surface area contributed by atoms with Crippen LogP contribution in [0.25, 0.3) is 10.4 Å². The molecule has 1 N–H and O–H groups in total. The van der Waals surface area contributed by atoms with Crippen LogP contribution in [-0.4, -0.2) is 40.8 Å². The van der Waals surface area contributed by atoms with Gasteiger partial charge in [0.05, 0.1) is 15.9 Å². The smallest absolute Gasteiger partial charge is 0.274 e. The van der Waals surface area contributed by atoms with Gasteiger partial charge < -0.3 is 10.2 Å². The van der Waals surface area contributed by atoms with E-state index in [2.05, 4.69) is 35.4 Å². The summed E-state index contributed by atoms with van der Waals surface area (Å²) >= 11 is 1.57. The number of hydrogen-bond acceptors (Lipinski definition) is 4. The van der Waals surface area contributed by atoms with E-state index < -0.39 is 0 Å². The largest absolute Gasteiger partial charge is 0.350 e. The van der Waals surface area contributed by atoms with Crippen molar-refractivity contribution in [3.63, 3.8) is 0 Å². The molecule has 0 spiro atoms. The number of thiazole rings is 1. The van der Waals surface area contributed by atoms with Gasteiger partial charge in [-0.3, -0.25) is 9.59 Å². The lowest BCUT2D eigenvalue weighted by molar-refractivity contribution is 0.0690. The predicted octanol–water partition coefficient (Wildman–Crippen LogP) is 4.93. The number of nitrogens with zero attached hydrogens (tertiary/aromatic N) is 2. The molecule has 0 radical (unpaired) electrons. The molecule has 5 nitrogen and oxygen atoms in total. The summed E-state index contributed by atoms with van der Waals surface area (Å²) in [5.74, 6) is 0.909. The number of piperidine rings is 1. The first-order valence-corrected chi connectivity index (χ1v) is 12.3. The quantitative estimate of drug-likeness (QED) is 0.588. The second kappa shape index (κ2) is 8.41. The van der Waals surface area contributed by atoms with Crippen LogP contribution in [0.5, 0.6) is 0 Å². The topological polar surface area (TPSA) is 62.3 Å². The van der Waals surface area contributed by atoms with Crippen LogP contribution in [-0.2, 0) is 0 Å². The van der Waals surface area contributed by atoms with Crippen molar-refractivity contribution in [1.82, 2.24) is 15.2 Å². The van der Waals surface area contributed by atoms with E-state index in [0.717, 1.165) is 45.1 Å². The van der Waals surface area contributed by atoms with Crippen molar-refractivity contribution in [2.75, 3.05) is 13.1 Å². The van der Waals surface area contributed by atoms with Gasteiger partial charge in [0.1, 0.15) is 5.69 Å². The molecule has 2 aliphatic rings. The summed E-state index contributed by atoms with van der Waals surface area (Å²) < 4.78 is 0. The van der Waals surface area contributed by atoms with E-state index in [9.17, 15) is 9.59 Å². The molecule has 2 aromatic carbocycles. The minimum absolute atomic E-state index is 0.0183. The number of likely N-dealkylation sites (tertiary alicyclic amines) is 1. The van der Waals surface area contributed by atoms with E-state index in [1.807, 2.05) is 49.9 Å². The molecular formula is C27H29N3O2S. The molecule has 1 aliphatic heterocycles. The number of carbonyl (C=O) groups is 2. The average molecular weight is 460 g/mol. The maximum Gasteiger partial charge on any atom is 0.274 e. The van der Waals surface area contributed by atoms with Crippen molar-refractivity contribution >= 4 is 23.2 Å². The fourth-order valence-electron chi connectivity index (χ4n) is 5.16. The van der Waals surface area contributed by atoms with Crippen molar-refractivity contribution in [3.05, 3.63) is 75.4 Å². The molecule has 1 saturated heterocycles. The van der Waals surface area contributed by atoms with Gasteiger partial charge in [0, 0.05) is 18.7 Å². The highest BCUT2D eigenvalue weighted by Crippen LogP contribution is 2.50. The Labute approximate surface area is 198 Å². The Morgan fingerprint density at radius 2 is 1.82 bits per heavy atom. The van der Waals surface area contributed by atoms with E-state index in [-0.39, 0.29) is 17.9 Å². The third kappa shape index (κ3) is 4.32. The highest BCUT2D eigenvalue weighted by atomic mass is 32.1. The van der Waals surface area contributed by atoms with E-state index in [0.29, 0.717) is 29.6 Å². The molecule has 1 aromatic heterocycles. The van der Waals surface area contributed by atoms with Gasteiger partial charge in [0.25, 0.3) is 11.8 Å². The van der Waals surface area contributed by atoms with Gasteiger partial charge in [-0.15, -0.1) is 11.3 Å². The zero-order valence-corrected chi connectivity index (χ0v) is 20.3. The zero-order chi connectivity index (χ0) is 23.3. The average Bonchev–Trinajstić information content (AvgIpc) is 3.28. The van der Waals surface area contributed by atoms with Crippen LogP contribution < -0.4 is 5.32 Å². The maximum atomic E-state index is 13.7. The summed E-state index contributed by atoms with van der Waals surface area (Å²) in [6.45, 7) is 9.22. The number of aromatic nitrogens is 1. The summed E-state index contributed by atoms with van der Waals surface area (Å²) in [5.41, 5.74) is 5.55. The highest BCUT2D eigenvalue weighted by molar-refractivity contribution is 7.15. The molecule has 3 atom stereocenters. The molecule has 33 heavy (non-hydrogen) atoms. The number of amides is 2. The van der Waals surface area contributed by atoms with Crippen LogP contribution in [0.4, 0.5) is 0 Å². The molecule has 5 rings (SSSR count). The first-order valence-electron chi connectivity index (χ1n) is 11.5. The Morgan fingerprint density at radius 1 is 1.06 bits per heavy atom.